The number of aryl methyl sites for hydroxylation is 1. The van der Waals surface area contributed by atoms with Crippen LogP contribution in [0.2, 0.25) is 0 Å². The van der Waals surface area contributed by atoms with Gasteiger partial charge >= 0.3 is 0 Å². The molecule has 1 atom stereocenters. The molecule has 2 heterocycles. The van der Waals surface area contributed by atoms with Gasteiger partial charge in [-0.1, -0.05) is 60.2 Å². The maximum Gasteiger partial charge on any atom is 0.264 e. The first-order valence-electron chi connectivity index (χ1n) is 10.2. The summed E-state index contributed by atoms with van der Waals surface area (Å²) in [5.41, 5.74) is 3.46. The fourth-order valence-electron chi connectivity index (χ4n) is 3.62. The molecular formula is C24H20FN5O2S. The van der Waals surface area contributed by atoms with Gasteiger partial charge in [0.1, 0.15) is 11.9 Å². The van der Waals surface area contributed by atoms with Crippen molar-refractivity contribution < 1.29 is 12.8 Å². The summed E-state index contributed by atoms with van der Waals surface area (Å²) in [5, 5.41) is 7.62. The molecule has 0 saturated carbocycles. The van der Waals surface area contributed by atoms with Crippen LogP contribution in [0.1, 0.15) is 22.7 Å². The molecule has 2 N–H and O–H groups in total. The van der Waals surface area contributed by atoms with E-state index in [-0.39, 0.29) is 16.7 Å². The second-order valence-corrected chi connectivity index (χ2v) is 9.37. The predicted molar refractivity (Wildman–Crippen MR) is 125 cm³/mol. The lowest BCUT2D eigenvalue weighted by Crippen LogP contribution is -2.20. The molecule has 9 heteroatoms. The molecule has 0 bridgehead atoms. The van der Waals surface area contributed by atoms with Crippen LogP contribution in [0.5, 0.6) is 0 Å². The number of hydrogen-bond acceptors (Lipinski definition) is 5. The molecule has 0 unspecified atom stereocenters. The van der Waals surface area contributed by atoms with Gasteiger partial charge in [-0.2, -0.15) is 4.98 Å². The van der Waals surface area contributed by atoms with Gasteiger partial charge in [-0.15, -0.1) is 5.10 Å². The van der Waals surface area contributed by atoms with E-state index in [0.29, 0.717) is 5.95 Å². The van der Waals surface area contributed by atoms with Gasteiger partial charge in [0, 0.05) is 5.70 Å². The molecule has 0 amide bonds. The molecular weight excluding hydrogens is 441 g/mol. The van der Waals surface area contributed by atoms with E-state index in [0.717, 1.165) is 22.4 Å². The number of halogens is 1. The van der Waals surface area contributed by atoms with E-state index < -0.39 is 16.1 Å². The Labute approximate surface area is 190 Å². The summed E-state index contributed by atoms with van der Waals surface area (Å²) in [4.78, 5) is 4.50. The monoisotopic (exact) mass is 461 g/mol. The summed E-state index contributed by atoms with van der Waals surface area (Å²) in [5.74, 6) is -0.0366. The Balaban J connectivity index is 1.53. The maximum absolute atomic E-state index is 13.5. The number of benzene rings is 3. The number of aromatic nitrogens is 3. The molecule has 166 valence electrons. The number of rotatable bonds is 5. The van der Waals surface area contributed by atoms with E-state index in [2.05, 4.69) is 20.1 Å². The molecule has 0 aliphatic carbocycles. The Kier molecular flexibility index (Phi) is 5.18. The number of nitrogens with zero attached hydrogens (tertiary/aromatic N) is 3. The van der Waals surface area contributed by atoms with Crippen molar-refractivity contribution in [2.75, 3.05) is 10.0 Å². The minimum Gasteiger partial charge on any atom is -0.324 e. The number of hydrogen-bond donors (Lipinski definition) is 2. The fourth-order valence-corrected chi connectivity index (χ4v) is 4.56. The van der Waals surface area contributed by atoms with E-state index in [4.69, 9.17) is 0 Å². The first kappa shape index (κ1) is 20.9. The zero-order valence-electron chi connectivity index (χ0n) is 17.6. The van der Waals surface area contributed by atoms with E-state index >= 15 is 0 Å². The minimum absolute atomic E-state index is 0.0621. The topological polar surface area (TPSA) is 88.9 Å². The van der Waals surface area contributed by atoms with Crippen molar-refractivity contribution in [2.24, 2.45) is 0 Å². The molecule has 33 heavy (non-hydrogen) atoms. The lowest BCUT2D eigenvalue weighted by molar-refractivity contribution is 0.597. The minimum atomic E-state index is -3.87. The van der Waals surface area contributed by atoms with Crippen molar-refractivity contribution in [3.8, 4) is 0 Å². The highest BCUT2D eigenvalue weighted by molar-refractivity contribution is 7.92. The van der Waals surface area contributed by atoms with Gasteiger partial charge in [0.25, 0.3) is 16.0 Å². The maximum atomic E-state index is 13.5. The summed E-state index contributed by atoms with van der Waals surface area (Å²) in [7, 11) is -3.87. The summed E-state index contributed by atoms with van der Waals surface area (Å²) in [6, 6.07) is 21.9. The molecule has 1 aliphatic rings. The van der Waals surface area contributed by atoms with Crippen LogP contribution < -0.4 is 10.0 Å². The van der Waals surface area contributed by atoms with E-state index in [9.17, 15) is 12.8 Å². The molecule has 0 fully saturated rings. The van der Waals surface area contributed by atoms with Gasteiger partial charge in [0.05, 0.1) is 4.90 Å². The van der Waals surface area contributed by atoms with Crippen LogP contribution in [-0.4, -0.2) is 23.2 Å². The van der Waals surface area contributed by atoms with Gasteiger partial charge in [0.2, 0.25) is 5.95 Å². The molecule has 3 aromatic carbocycles. The van der Waals surface area contributed by atoms with Gasteiger partial charge in [-0.05, 0) is 48.4 Å². The molecule has 0 spiro atoms. The SMILES string of the molecule is Cc1ccc(S(=O)(=O)Nc2nc3n(n2)[C@@H](c2ccc(F)cc2)C=C(c2ccccc2)N3)cc1. The van der Waals surface area contributed by atoms with Gasteiger partial charge < -0.3 is 5.32 Å². The molecule has 4 aromatic rings. The first-order valence-corrected chi connectivity index (χ1v) is 11.7. The van der Waals surface area contributed by atoms with Crippen molar-refractivity contribution in [3.63, 3.8) is 0 Å². The largest absolute Gasteiger partial charge is 0.324 e. The average Bonchev–Trinajstić information content (AvgIpc) is 3.21. The zero-order valence-corrected chi connectivity index (χ0v) is 18.4. The molecule has 0 saturated heterocycles. The third-order valence-electron chi connectivity index (χ3n) is 5.32. The van der Waals surface area contributed by atoms with Crippen molar-refractivity contribution in [1.29, 1.82) is 0 Å². The summed E-state index contributed by atoms with van der Waals surface area (Å²) >= 11 is 0. The highest BCUT2D eigenvalue weighted by atomic mass is 32.2. The highest BCUT2D eigenvalue weighted by Gasteiger charge is 2.27. The molecule has 7 nitrogen and oxygen atoms in total. The quantitative estimate of drug-likeness (QED) is 0.454. The number of nitrogens with one attached hydrogen (secondary N) is 2. The van der Waals surface area contributed by atoms with E-state index in [1.54, 1.807) is 28.9 Å². The first-order chi connectivity index (χ1) is 15.9. The van der Waals surface area contributed by atoms with Crippen molar-refractivity contribution in [3.05, 3.63) is 107 Å². The van der Waals surface area contributed by atoms with Crippen LogP contribution in [0, 0.1) is 12.7 Å². The Morgan fingerprint density at radius 1 is 0.970 bits per heavy atom. The highest BCUT2D eigenvalue weighted by Crippen LogP contribution is 2.33. The van der Waals surface area contributed by atoms with Gasteiger partial charge in [-0.3, -0.25) is 0 Å². The Morgan fingerprint density at radius 3 is 2.36 bits per heavy atom. The third kappa shape index (κ3) is 4.22. The lowest BCUT2D eigenvalue weighted by atomic mass is 10.0. The van der Waals surface area contributed by atoms with Crippen LogP contribution in [0.4, 0.5) is 16.3 Å². The Bertz CT molecular complexity index is 1430. The van der Waals surface area contributed by atoms with Gasteiger partial charge in [-0.25, -0.2) is 22.2 Å². The number of anilines is 2. The van der Waals surface area contributed by atoms with Crippen molar-refractivity contribution in [2.45, 2.75) is 17.9 Å². The van der Waals surface area contributed by atoms with Crippen molar-refractivity contribution >= 4 is 27.6 Å². The second-order valence-electron chi connectivity index (χ2n) is 7.69. The van der Waals surface area contributed by atoms with Crippen LogP contribution in [-0.2, 0) is 10.0 Å². The lowest BCUT2D eigenvalue weighted by Gasteiger charge is -2.24. The van der Waals surface area contributed by atoms with Crippen LogP contribution >= 0.6 is 0 Å². The van der Waals surface area contributed by atoms with Gasteiger partial charge in [0.15, 0.2) is 0 Å². The van der Waals surface area contributed by atoms with E-state index in [1.165, 1.54) is 24.3 Å². The summed E-state index contributed by atoms with van der Waals surface area (Å²) in [6.45, 7) is 1.88. The van der Waals surface area contributed by atoms with Crippen molar-refractivity contribution in [1.82, 2.24) is 14.8 Å². The van der Waals surface area contributed by atoms with Crippen LogP contribution in [0.15, 0.2) is 89.8 Å². The third-order valence-corrected chi connectivity index (χ3v) is 6.66. The average molecular weight is 462 g/mol. The molecule has 0 radical (unpaired) electrons. The number of fused-ring (bicyclic) bond motifs is 1. The Morgan fingerprint density at radius 2 is 1.67 bits per heavy atom. The molecule has 1 aliphatic heterocycles. The fraction of sp³-hybridized carbons (Fsp3) is 0.0833. The molecule has 5 rings (SSSR count). The predicted octanol–water partition coefficient (Wildman–Crippen LogP) is 4.58. The second kappa shape index (κ2) is 8.18. The van der Waals surface area contributed by atoms with Crippen LogP contribution in [0.25, 0.3) is 5.70 Å². The zero-order chi connectivity index (χ0) is 23.0. The standard InChI is InChI=1S/C24H20FN5O2S/c1-16-7-13-20(14-8-16)33(31,32)29-23-27-24-26-21(17-5-3-2-4-6-17)15-22(30(24)28-23)18-9-11-19(25)12-10-18/h2-15,22H,1H3,(H2,26,27,28,29)/t22-/m1/s1. The number of allylic oxidation sites excluding steroid dienone is 1. The molecule has 1 aromatic heterocycles. The Hall–Kier alpha value is -3.98. The number of sulfonamides is 1. The van der Waals surface area contributed by atoms with E-state index in [1.807, 2.05) is 43.3 Å². The summed E-state index contributed by atoms with van der Waals surface area (Å²) < 4.78 is 43.2. The summed E-state index contributed by atoms with van der Waals surface area (Å²) in [6.07, 6.45) is 1.95. The normalized spacial score (nSPS) is 15.3. The van der Waals surface area contributed by atoms with Crippen LogP contribution in [0.3, 0.4) is 0 Å². The smallest absolute Gasteiger partial charge is 0.264 e.